The minimum atomic E-state index is 0.772. The maximum Gasteiger partial charge on any atom is 0.233 e. The molecule has 5 nitrogen and oxygen atoms in total. The van der Waals surface area contributed by atoms with Crippen molar-refractivity contribution in [3.63, 3.8) is 0 Å². The number of rotatable bonds is 4. The molecule has 102 valence electrons. The first-order valence-corrected chi connectivity index (χ1v) is 6.99. The largest absolute Gasteiger partial charge is 0.316 e. The van der Waals surface area contributed by atoms with E-state index >= 15 is 0 Å². The summed E-state index contributed by atoms with van der Waals surface area (Å²) in [6.07, 6.45) is 8.48. The highest BCUT2D eigenvalue weighted by molar-refractivity contribution is 5.29. The van der Waals surface area contributed by atoms with E-state index < -0.39 is 0 Å². The lowest BCUT2D eigenvalue weighted by Gasteiger charge is -2.27. The van der Waals surface area contributed by atoms with Gasteiger partial charge in [0.15, 0.2) is 0 Å². The first-order valence-electron chi connectivity index (χ1n) is 6.99. The molecule has 1 N–H and O–H groups in total. The van der Waals surface area contributed by atoms with E-state index in [0.29, 0.717) is 0 Å². The Morgan fingerprint density at radius 3 is 3.26 bits per heavy atom. The standard InChI is InChI=1S/C14H21N5/c1-18(9-12-4-2-5-15-8-12)10-13-11-19-7-3-6-16-14(19)17-13/h3,6-7,11-12,15H,2,4-5,8-10H2,1H3. The molecule has 1 fully saturated rings. The zero-order chi connectivity index (χ0) is 13.1. The Morgan fingerprint density at radius 1 is 1.53 bits per heavy atom. The van der Waals surface area contributed by atoms with Crippen molar-refractivity contribution in [2.45, 2.75) is 19.4 Å². The van der Waals surface area contributed by atoms with Crippen LogP contribution >= 0.6 is 0 Å². The summed E-state index contributed by atoms with van der Waals surface area (Å²) < 4.78 is 1.98. The number of fused-ring (bicyclic) bond motifs is 1. The van der Waals surface area contributed by atoms with Gasteiger partial charge in [-0.25, -0.2) is 9.97 Å². The second-order valence-corrected chi connectivity index (χ2v) is 5.47. The monoisotopic (exact) mass is 259 g/mol. The van der Waals surface area contributed by atoms with Gasteiger partial charge in [-0.3, -0.25) is 4.40 Å². The average Bonchev–Trinajstić information content (AvgIpc) is 2.81. The van der Waals surface area contributed by atoms with Crippen LogP contribution in [0.25, 0.3) is 5.78 Å². The number of imidazole rings is 1. The van der Waals surface area contributed by atoms with Gasteiger partial charge < -0.3 is 10.2 Å². The molecule has 0 radical (unpaired) electrons. The van der Waals surface area contributed by atoms with Crippen LogP contribution in [0, 0.1) is 5.92 Å². The van der Waals surface area contributed by atoms with Crippen LogP contribution in [0.2, 0.25) is 0 Å². The third-order valence-electron chi connectivity index (χ3n) is 3.69. The molecule has 0 aromatic carbocycles. The van der Waals surface area contributed by atoms with E-state index in [1.807, 2.05) is 16.7 Å². The molecule has 0 amide bonds. The lowest BCUT2D eigenvalue weighted by molar-refractivity contribution is 0.236. The second kappa shape index (κ2) is 5.67. The fourth-order valence-electron chi connectivity index (χ4n) is 2.82. The van der Waals surface area contributed by atoms with Gasteiger partial charge in [0.1, 0.15) is 0 Å². The molecule has 0 bridgehead atoms. The quantitative estimate of drug-likeness (QED) is 0.895. The van der Waals surface area contributed by atoms with Crippen LogP contribution in [0.4, 0.5) is 0 Å². The van der Waals surface area contributed by atoms with Crippen molar-refractivity contribution in [3.05, 3.63) is 30.4 Å². The van der Waals surface area contributed by atoms with Crippen LogP contribution in [0.3, 0.4) is 0 Å². The number of nitrogens with one attached hydrogen (secondary N) is 1. The van der Waals surface area contributed by atoms with Gasteiger partial charge in [-0.15, -0.1) is 0 Å². The van der Waals surface area contributed by atoms with Gasteiger partial charge in [0, 0.05) is 31.7 Å². The molecule has 0 aliphatic carbocycles. The molecule has 1 aliphatic heterocycles. The molecule has 0 spiro atoms. The van der Waals surface area contributed by atoms with Gasteiger partial charge in [-0.2, -0.15) is 0 Å². The Balaban J connectivity index is 1.60. The summed E-state index contributed by atoms with van der Waals surface area (Å²) in [5.74, 6) is 1.55. The highest BCUT2D eigenvalue weighted by Crippen LogP contribution is 2.12. The van der Waals surface area contributed by atoms with Gasteiger partial charge in [-0.1, -0.05) is 0 Å². The lowest BCUT2D eigenvalue weighted by Crippen LogP contribution is -2.36. The molecule has 1 saturated heterocycles. The number of hydrogen-bond donors (Lipinski definition) is 1. The fraction of sp³-hybridized carbons (Fsp3) is 0.571. The van der Waals surface area contributed by atoms with Gasteiger partial charge in [0.2, 0.25) is 5.78 Å². The Labute approximate surface area is 113 Å². The summed E-state index contributed by atoms with van der Waals surface area (Å²) in [4.78, 5) is 11.1. The maximum atomic E-state index is 4.54. The third-order valence-corrected chi connectivity index (χ3v) is 3.69. The molecule has 2 aromatic heterocycles. The molecule has 1 aliphatic rings. The predicted octanol–water partition coefficient (Wildman–Crippen LogP) is 1.16. The smallest absolute Gasteiger partial charge is 0.233 e. The Hall–Kier alpha value is -1.46. The zero-order valence-electron chi connectivity index (χ0n) is 11.4. The van der Waals surface area contributed by atoms with E-state index in [4.69, 9.17) is 0 Å². The minimum absolute atomic E-state index is 0.772. The number of piperidine rings is 1. The molecule has 5 heteroatoms. The van der Waals surface area contributed by atoms with E-state index in [1.165, 1.54) is 19.4 Å². The molecule has 0 saturated carbocycles. The van der Waals surface area contributed by atoms with Crippen LogP contribution < -0.4 is 5.32 Å². The SMILES string of the molecule is CN(Cc1cn2cccnc2n1)CC1CCCNC1. The first-order chi connectivity index (χ1) is 9.31. The van der Waals surface area contributed by atoms with Gasteiger partial charge >= 0.3 is 0 Å². The van der Waals surface area contributed by atoms with Crippen molar-refractivity contribution in [3.8, 4) is 0 Å². The zero-order valence-corrected chi connectivity index (χ0v) is 11.4. The van der Waals surface area contributed by atoms with Crippen LogP contribution in [-0.4, -0.2) is 46.0 Å². The minimum Gasteiger partial charge on any atom is -0.316 e. The maximum absolute atomic E-state index is 4.54. The fourth-order valence-corrected chi connectivity index (χ4v) is 2.82. The van der Waals surface area contributed by atoms with Crippen molar-refractivity contribution >= 4 is 5.78 Å². The molecular weight excluding hydrogens is 238 g/mol. The van der Waals surface area contributed by atoms with E-state index in [1.54, 1.807) is 6.20 Å². The summed E-state index contributed by atoms with van der Waals surface area (Å²) >= 11 is 0. The Morgan fingerprint density at radius 2 is 2.47 bits per heavy atom. The van der Waals surface area contributed by atoms with Crippen molar-refractivity contribution in [1.29, 1.82) is 0 Å². The molecule has 3 rings (SSSR count). The lowest BCUT2D eigenvalue weighted by atomic mass is 9.99. The first kappa shape index (κ1) is 12.6. The van der Waals surface area contributed by atoms with Crippen LogP contribution in [0.5, 0.6) is 0 Å². The topological polar surface area (TPSA) is 45.5 Å². The van der Waals surface area contributed by atoms with Crippen molar-refractivity contribution in [2.75, 3.05) is 26.7 Å². The molecular formula is C14H21N5. The third kappa shape index (κ3) is 3.11. The van der Waals surface area contributed by atoms with E-state index in [0.717, 1.165) is 37.0 Å². The Bertz CT molecular complexity index is 496. The van der Waals surface area contributed by atoms with Crippen LogP contribution in [0.15, 0.2) is 24.7 Å². The summed E-state index contributed by atoms with van der Waals surface area (Å²) in [6.45, 7) is 4.35. The molecule has 19 heavy (non-hydrogen) atoms. The van der Waals surface area contributed by atoms with Gasteiger partial charge in [0.25, 0.3) is 0 Å². The van der Waals surface area contributed by atoms with Crippen LogP contribution in [-0.2, 0) is 6.54 Å². The second-order valence-electron chi connectivity index (χ2n) is 5.47. The van der Waals surface area contributed by atoms with E-state index in [9.17, 15) is 0 Å². The highest BCUT2D eigenvalue weighted by Gasteiger charge is 2.15. The summed E-state index contributed by atoms with van der Waals surface area (Å²) in [7, 11) is 2.17. The summed E-state index contributed by atoms with van der Waals surface area (Å²) in [5.41, 5.74) is 1.09. The molecule has 1 unspecified atom stereocenters. The van der Waals surface area contributed by atoms with E-state index in [2.05, 4.69) is 33.4 Å². The number of nitrogens with zero attached hydrogens (tertiary/aromatic N) is 4. The Kier molecular flexibility index (Phi) is 3.75. The molecule has 3 heterocycles. The molecule has 1 atom stereocenters. The number of aromatic nitrogens is 3. The normalized spacial score (nSPS) is 20.2. The predicted molar refractivity (Wildman–Crippen MR) is 74.9 cm³/mol. The van der Waals surface area contributed by atoms with Crippen LogP contribution in [0.1, 0.15) is 18.5 Å². The highest BCUT2D eigenvalue weighted by atomic mass is 15.1. The number of hydrogen-bond acceptors (Lipinski definition) is 4. The van der Waals surface area contributed by atoms with Crippen molar-refractivity contribution in [1.82, 2.24) is 24.6 Å². The van der Waals surface area contributed by atoms with Gasteiger partial charge in [-0.05, 0) is 45.0 Å². The average molecular weight is 259 g/mol. The molecule has 2 aromatic rings. The van der Waals surface area contributed by atoms with Crippen molar-refractivity contribution < 1.29 is 0 Å². The summed E-state index contributed by atoms with van der Waals surface area (Å²) in [5, 5.41) is 3.47. The van der Waals surface area contributed by atoms with Crippen molar-refractivity contribution in [2.24, 2.45) is 5.92 Å². The van der Waals surface area contributed by atoms with Gasteiger partial charge in [0.05, 0.1) is 5.69 Å². The van der Waals surface area contributed by atoms with E-state index in [-0.39, 0.29) is 0 Å². The summed E-state index contributed by atoms with van der Waals surface area (Å²) in [6, 6.07) is 1.93.